The molecule has 1 N–H and O–H groups in total. The highest BCUT2D eigenvalue weighted by Crippen LogP contribution is 2.22. The zero-order valence-corrected chi connectivity index (χ0v) is 11.8. The summed E-state index contributed by atoms with van der Waals surface area (Å²) in [6.07, 6.45) is 4.96. The molecule has 0 aliphatic carbocycles. The van der Waals surface area contributed by atoms with Gasteiger partial charge in [-0.25, -0.2) is 13.6 Å². The summed E-state index contributed by atoms with van der Waals surface area (Å²) >= 11 is 0. The quantitative estimate of drug-likeness (QED) is 0.809. The zero-order valence-electron chi connectivity index (χ0n) is 11.8. The van der Waals surface area contributed by atoms with Crippen molar-refractivity contribution in [3.63, 3.8) is 0 Å². The minimum absolute atomic E-state index is 0.0800. The Morgan fingerprint density at radius 3 is 2.62 bits per heavy atom. The molecule has 0 unspecified atom stereocenters. The van der Waals surface area contributed by atoms with Gasteiger partial charge in [-0.15, -0.1) is 6.42 Å². The molecule has 0 aromatic heterocycles. The molecule has 1 fully saturated rings. The number of carbonyl (C=O) groups is 1. The van der Waals surface area contributed by atoms with Gasteiger partial charge in [-0.1, -0.05) is 5.92 Å². The molecule has 1 aliphatic rings. The molecule has 1 heterocycles. The number of carbonyl (C=O) groups excluding carboxylic acids is 1. The van der Waals surface area contributed by atoms with Gasteiger partial charge < -0.3 is 15.0 Å². The molecule has 0 saturated carbocycles. The van der Waals surface area contributed by atoms with E-state index in [0.717, 1.165) is 12.1 Å². The maximum atomic E-state index is 13.8. The predicted molar refractivity (Wildman–Crippen MR) is 74.9 cm³/mol. The average Bonchev–Trinajstić information content (AvgIpc) is 2.45. The fourth-order valence-electron chi connectivity index (χ4n) is 2.17. The van der Waals surface area contributed by atoms with E-state index in [1.807, 2.05) is 13.8 Å². The van der Waals surface area contributed by atoms with Crippen molar-refractivity contribution in [1.82, 2.24) is 4.90 Å². The highest BCUT2D eigenvalue weighted by atomic mass is 19.1. The van der Waals surface area contributed by atoms with E-state index in [1.54, 1.807) is 0 Å². The largest absolute Gasteiger partial charge is 0.375 e. The van der Waals surface area contributed by atoms with E-state index in [-0.39, 0.29) is 17.7 Å². The number of ether oxygens (including phenoxy) is 1. The minimum Gasteiger partial charge on any atom is -0.375 e. The predicted octanol–water partition coefficient (Wildman–Crippen LogP) is 2.59. The van der Waals surface area contributed by atoms with Crippen molar-refractivity contribution < 1.29 is 18.3 Å². The number of rotatable bonds is 1. The third kappa shape index (κ3) is 3.14. The molecule has 0 radical (unpaired) electrons. The van der Waals surface area contributed by atoms with Crippen LogP contribution >= 0.6 is 0 Å². The van der Waals surface area contributed by atoms with Gasteiger partial charge in [-0.2, -0.15) is 0 Å². The summed E-state index contributed by atoms with van der Waals surface area (Å²) in [5.41, 5.74) is -0.415. The number of nitrogens with zero attached hydrogens (tertiary/aromatic N) is 1. The lowest BCUT2D eigenvalue weighted by molar-refractivity contribution is -0.0355. The molecule has 2 amide bonds. The summed E-state index contributed by atoms with van der Waals surface area (Å²) < 4.78 is 33.0. The summed E-state index contributed by atoms with van der Waals surface area (Å²) in [5, 5.41) is 2.26. The second-order valence-electron chi connectivity index (χ2n) is 4.90. The van der Waals surface area contributed by atoms with Crippen LogP contribution in [0.1, 0.15) is 19.4 Å². The molecule has 1 aliphatic heterocycles. The molecule has 4 nitrogen and oxygen atoms in total. The van der Waals surface area contributed by atoms with Crippen LogP contribution in [0, 0.1) is 24.0 Å². The van der Waals surface area contributed by atoms with Crippen LogP contribution < -0.4 is 5.32 Å². The molecule has 1 aromatic carbocycles. The van der Waals surface area contributed by atoms with Crippen LogP contribution in [0.5, 0.6) is 0 Å². The van der Waals surface area contributed by atoms with Gasteiger partial charge in [0.15, 0.2) is 11.6 Å². The number of halogens is 2. The maximum absolute atomic E-state index is 13.8. The first-order valence-corrected chi connectivity index (χ1v) is 6.59. The molecule has 2 atom stereocenters. The second-order valence-corrected chi connectivity index (χ2v) is 4.90. The number of hydrogen-bond acceptors (Lipinski definition) is 2. The molecule has 21 heavy (non-hydrogen) atoms. The number of nitrogens with one attached hydrogen (secondary N) is 1. The lowest BCUT2D eigenvalue weighted by Gasteiger charge is -2.37. The molecule has 0 bridgehead atoms. The lowest BCUT2D eigenvalue weighted by atomic mass is 10.1. The van der Waals surface area contributed by atoms with E-state index in [9.17, 15) is 13.6 Å². The van der Waals surface area contributed by atoms with Gasteiger partial charge in [-0.3, -0.25) is 0 Å². The van der Waals surface area contributed by atoms with Gasteiger partial charge in [0.25, 0.3) is 0 Å². The van der Waals surface area contributed by atoms with Gasteiger partial charge in [-0.05, 0) is 26.0 Å². The van der Waals surface area contributed by atoms with E-state index in [2.05, 4.69) is 11.2 Å². The van der Waals surface area contributed by atoms with E-state index >= 15 is 0 Å². The van der Waals surface area contributed by atoms with Crippen LogP contribution in [0.2, 0.25) is 0 Å². The second kappa shape index (κ2) is 6.10. The Balaban J connectivity index is 2.18. The Bertz CT molecular complexity index is 575. The molecule has 112 valence electrons. The zero-order chi connectivity index (χ0) is 15.6. The number of morpholine rings is 1. The van der Waals surface area contributed by atoms with Crippen molar-refractivity contribution in [1.29, 1.82) is 0 Å². The molecule has 0 spiro atoms. The van der Waals surface area contributed by atoms with Crippen LogP contribution in [0.25, 0.3) is 0 Å². The maximum Gasteiger partial charge on any atom is 0.322 e. The SMILES string of the molecule is C#Cc1cc(F)c(NC(=O)N2CCO[C@@H](C)[C@H]2C)c(F)c1. The smallest absolute Gasteiger partial charge is 0.322 e. The van der Waals surface area contributed by atoms with Crippen LogP contribution in [0.3, 0.4) is 0 Å². The average molecular weight is 294 g/mol. The number of amides is 2. The molecular weight excluding hydrogens is 278 g/mol. The third-order valence-corrected chi connectivity index (χ3v) is 3.59. The standard InChI is InChI=1S/C15H16F2N2O2/c1-4-11-7-12(16)14(13(17)8-11)18-15(20)19-5-6-21-10(3)9(19)2/h1,7-10H,5-6H2,2-3H3,(H,18,20)/t9-,10+/m1/s1. The van der Waals surface area contributed by atoms with Crippen molar-refractivity contribution in [3.05, 3.63) is 29.3 Å². The summed E-state index contributed by atoms with van der Waals surface area (Å²) in [4.78, 5) is 13.7. The van der Waals surface area contributed by atoms with E-state index in [1.165, 1.54) is 4.90 Å². The van der Waals surface area contributed by atoms with E-state index in [0.29, 0.717) is 13.2 Å². The lowest BCUT2D eigenvalue weighted by Crippen LogP contribution is -2.52. The normalized spacial score (nSPS) is 21.8. The summed E-state index contributed by atoms with van der Waals surface area (Å²) in [7, 11) is 0. The summed E-state index contributed by atoms with van der Waals surface area (Å²) in [6.45, 7) is 4.41. The van der Waals surface area contributed by atoms with Crippen LogP contribution in [-0.2, 0) is 4.74 Å². The Labute approximate surface area is 122 Å². The van der Waals surface area contributed by atoms with Crippen molar-refractivity contribution in [2.24, 2.45) is 0 Å². The Morgan fingerprint density at radius 1 is 1.43 bits per heavy atom. The van der Waals surface area contributed by atoms with E-state index in [4.69, 9.17) is 11.2 Å². The number of urea groups is 1. The van der Waals surface area contributed by atoms with Gasteiger partial charge in [0.1, 0.15) is 5.69 Å². The van der Waals surface area contributed by atoms with Gasteiger partial charge in [0.05, 0.1) is 18.8 Å². The van der Waals surface area contributed by atoms with Crippen LogP contribution in [-0.4, -0.2) is 36.2 Å². The number of hydrogen-bond donors (Lipinski definition) is 1. The van der Waals surface area contributed by atoms with Gasteiger partial charge in [0, 0.05) is 12.1 Å². The first-order valence-electron chi connectivity index (χ1n) is 6.59. The molecule has 6 heteroatoms. The van der Waals surface area contributed by atoms with Gasteiger partial charge in [0.2, 0.25) is 0 Å². The topological polar surface area (TPSA) is 41.6 Å². The summed E-state index contributed by atoms with van der Waals surface area (Å²) in [5.74, 6) is 0.350. The van der Waals surface area contributed by atoms with Crippen molar-refractivity contribution in [2.45, 2.75) is 26.0 Å². The van der Waals surface area contributed by atoms with Gasteiger partial charge >= 0.3 is 6.03 Å². The van der Waals surface area contributed by atoms with Crippen molar-refractivity contribution in [2.75, 3.05) is 18.5 Å². The molecule has 2 rings (SSSR count). The van der Waals surface area contributed by atoms with Crippen LogP contribution in [0.15, 0.2) is 12.1 Å². The van der Waals surface area contributed by atoms with Crippen molar-refractivity contribution in [3.8, 4) is 12.3 Å². The monoisotopic (exact) mass is 294 g/mol. The Hall–Kier alpha value is -2.13. The number of benzene rings is 1. The molecule has 1 saturated heterocycles. The highest BCUT2D eigenvalue weighted by molar-refractivity contribution is 5.90. The molecule has 1 aromatic rings. The first kappa shape index (κ1) is 15.3. The minimum atomic E-state index is -0.898. The Morgan fingerprint density at radius 2 is 2.05 bits per heavy atom. The molecular formula is C15H16F2N2O2. The fraction of sp³-hybridized carbons (Fsp3) is 0.400. The van der Waals surface area contributed by atoms with E-state index < -0.39 is 23.4 Å². The summed E-state index contributed by atoms with van der Waals surface area (Å²) in [6, 6.07) is 1.26. The third-order valence-electron chi connectivity index (χ3n) is 3.59. The fourth-order valence-corrected chi connectivity index (χ4v) is 2.17. The Kier molecular flexibility index (Phi) is 4.43. The van der Waals surface area contributed by atoms with Crippen molar-refractivity contribution >= 4 is 11.7 Å². The highest BCUT2D eigenvalue weighted by Gasteiger charge is 2.30. The van der Waals surface area contributed by atoms with Crippen LogP contribution in [0.4, 0.5) is 19.3 Å². The number of terminal acetylenes is 1. The first-order chi connectivity index (χ1) is 9.93. The number of anilines is 1.